The van der Waals surface area contributed by atoms with Crippen LogP contribution >= 0.6 is 0 Å². The molecule has 1 saturated heterocycles. The zero-order chi connectivity index (χ0) is 17.0. The molecule has 0 saturated carbocycles. The fourth-order valence-corrected chi connectivity index (χ4v) is 3.50. The topological polar surface area (TPSA) is 96.1 Å². The summed E-state index contributed by atoms with van der Waals surface area (Å²) in [5.41, 5.74) is 10.3. The lowest BCUT2D eigenvalue weighted by Gasteiger charge is -2.17. The molecule has 0 bridgehead atoms. The minimum absolute atomic E-state index is 0.174. The van der Waals surface area contributed by atoms with Gasteiger partial charge in [-0.25, -0.2) is 15.0 Å². The molecule has 0 amide bonds. The molecule has 7 nitrogen and oxygen atoms in total. The Balaban J connectivity index is 1.86. The van der Waals surface area contributed by atoms with Gasteiger partial charge >= 0.3 is 0 Å². The molecule has 1 unspecified atom stereocenters. The Morgan fingerprint density at radius 1 is 1.16 bits per heavy atom. The van der Waals surface area contributed by atoms with E-state index >= 15 is 0 Å². The van der Waals surface area contributed by atoms with Crippen molar-refractivity contribution in [2.24, 2.45) is 5.73 Å². The summed E-state index contributed by atoms with van der Waals surface area (Å²) in [7, 11) is 0. The molecular formula is C18H15N7. The van der Waals surface area contributed by atoms with Crippen LogP contribution < -0.4 is 10.6 Å². The number of aromatic nitrogens is 4. The Hall–Kier alpha value is -3.24. The quantitative estimate of drug-likeness (QED) is 0.572. The Labute approximate surface area is 143 Å². The molecule has 2 N–H and O–H groups in total. The van der Waals surface area contributed by atoms with E-state index in [1.807, 2.05) is 28.7 Å². The van der Waals surface area contributed by atoms with E-state index in [-0.39, 0.29) is 6.04 Å². The van der Waals surface area contributed by atoms with Gasteiger partial charge in [-0.1, -0.05) is 12.1 Å². The highest BCUT2D eigenvalue weighted by Gasteiger charge is 2.22. The molecule has 4 aromatic rings. The largest absolute Gasteiger partial charge is 0.354 e. The van der Waals surface area contributed by atoms with Crippen LogP contribution in [0, 0.1) is 11.3 Å². The second-order valence-electron chi connectivity index (χ2n) is 6.36. The SMILES string of the molecule is N#Cc1cc2ncc(N3CCC(N)C3)nc2n2c1nc1ccccc12. The maximum absolute atomic E-state index is 9.50. The summed E-state index contributed by atoms with van der Waals surface area (Å²) in [6.07, 6.45) is 2.71. The number of hydrogen-bond acceptors (Lipinski definition) is 6. The first kappa shape index (κ1) is 14.1. The normalized spacial score (nSPS) is 17.6. The van der Waals surface area contributed by atoms with Crippen LogP contribution in [0.4, 0.5) is 5.82 Å². The molecule has 0 aliphatic carbocycles. The van der Waals surface area contributed by atoms with Gasteiger partial charge in [-0.15, -0.1) is 0 Å². The lowest BCUT2D eigenvalue weighted by molar-refractivity contribution is 0.751. The highest BCUT2D eigenvalue weighted by molar-refractivity contribution is 5.90. The van der Waals surface area contributed by atoms with E-state index in [9.17, 15) is 5.26 Å². The molecule has 5 rings (SSSR count). The van der Waals surface area contributed by atoms with Gasteiger partial charge in [0.1, 0.15) is 17.4 Å². The van der Waals surface area contributed by atoms with Crippen molar-refractivity contribution in [3.05, 3.63) is 42.1 Å². The summed E-state index contributed by atoms with van der Waals surface area (Å²) in [6, 6.07) is 12.0. The lowest BCUT2D eigenvalue weighted by atomic mass is 10.2. The monoisotopic (exact) mass is 329 g/mol. The first-order valence-electron chi connectivity index (χ1n) is 8.22. The van der Waals surface area contributed by atoms with E-state index in [0.717, 1.165) is 36.4 Å². The van der Waals surface area contributed by atoms with Crippen molar-refractivity contribution in [1.29, 1.82) is 5.26 Å². The number of anilines is 1. The number of pyridine rings is 1. The summed E-state index contributed by atoms with van der Waals surface area (Å²) in [5.74, 6) is 0.809. The fraction of sp³-hybridized carbons (Fsp3) is 0.222. The highest BCUT2D eigenvalue weighted by atomic mass is 15.2. The lowest BCUT2D eigenvalue weighted by Crippen LogP contribution is -2.27. The molecule has 3 aromatic heterocycles. The Morgan fingerprint density at radius 2 is 2.04 bits per heavy atom. The number of nitriles is 1. The first-order valence-corrected chi connectivity index (χ1v) is 8.22. The van der Waals surface area contributed by atoms with Crippen LogP contribution in [0.15, 0.2) is 36.5 Å². The second kappa shape index (κ2) is 5.13. The predicted molar refractivity (Wildman–Crippen MR) is 95.3 cm³/mol. The minimum Gasteiger partial charge on any atom is -0.354 e. The zero-order valence-corrected chi connectivity index (χ0v) is 13.4. The molecule has 7 heteroatoms. The maximum atomic E-state index is 9.50. The molecule has 25 heavy (non-hydrogen) atoms. The van der Waals surface area contributed by atoms with Crippen molar-refractivity contribution in [3.8, 4) is 6.07 Å². The third-order valence-electron chi connectivity index (χ3n) is 4.73. The summed E-state index contributed by atoms with van der Waals surface area (Å²) >= 11 is 0. The summed E-state index contributed by atoms with van der Waals surface area (Å²) in [6.45, 7) is 1.66. The summed E-state index contributed by atoms with van der Waals surface area (Å²) in [5, 5.41) is 9.50. The maximum Gasteiger partial charge on any atom is 0.167 e. The van der Waals surface area contributed by atoms with Crippen molar-refractivity contribution in [3.63, 3.8) is 0 Å². The Kier molecular flexibility index (Phi) is 2.90. The third kappa shape index (κ3) is 2.05. The van der Waals surface area contributed by atoms with Crippen LogP contribution in [0.3, 0.4) is 0 Å². The van der Waals surface area contributed by atoms with E-state index in [1.54, 1.807) is 12.3 Å². The van der Waals surface area contributed by atoms with E-state index in [1.165, 1.54) is 0 Å². The third-order valence-corrected chi connectivity index (χ3v) is 4.73. The molecule has 1 aliphatic heterocycles. The predicted octanol–water partition coefficient (Wildman–Crippen LogP) is 1.84. The molecule has 1 fully saturated rings. The number of rotatable bonds is 1. The average Bonchev–Trinajstić information content (AvgIpc) is 3.24. The molecule has 4 heterocycles. The van der Waals surface area contributed by atoms with E-state index in [0.29, 0.717) is 22.4 Å². The van der Waals surface area contributed by atoms with Crippen LogP contribution in [-0.4, -0.2) is 38.5 Å². The molecule has 1 aliphatic rings. The number of para-hydroxylation sites is 2. The smallest absolute Gasteiger partial charge is 0.167 e. The van der Waals surface area contributed by atoms with Crippen molar-refractivity contribution in [2.75, 3.05) is 18.0 Å². The van der Waals surface area contributed by atoms with Crippen LogP contribution in [-0.2, 0) is 0 Å². The van der Waals surface area contributed by atoms with Crippen LogP contribution in [0.2, 0.25) is 0 Å². The van der Waals surface area contributed by atoms with Gasteiger partial charge in [-0.2, -0.15) is 5.26 Å². The number of imidazole rings is 1. The van der Waals surface area contributed by atoms with Crippen LogP contribution in [0.5, 0.6) is 0 Å². The van der Waals surface area contributed by atoms with Crippen molar-refractivity contribution in [2.45, 2.75) is 12.5 Å². The molecule has 0 radical (unpaired) electrons. The Morgan fingerprint density at radius 3 is 2.84 bits per heavy atom. The average molecular weight is 329 g/mol. The fourth-order valence-electron chi connectivity index (χ4n) is 3.50. The summed E-state index contributed by atoms with van der Waals surface area (Å²) < 4.78 is 1.93. The van der Waals surface area contributed by atoms with E-state index in [2.05, 4.69) is 20.9 Å². The summed E-state index contributed by atoms with van der Waals surface area (Å²) in [4.78, 5) is 16.2. The molecular weight excluding hydrogens is 314 g/mol. The Bertz CT molecular complexity index is 1170. The first-order chi connectivity index (χ1) is 12.2. The van der Waals surface area contributed by atoms with Gasteiger partial charge < -0.3 is 10.6 Å². The van der Waals surface area contributed by atoms with Crippen LogP contribution in [0.1, 0.15) is 12.0 Å². The van der Waals surface area contributed by atoms with Gasteiger partial charge in [0.05, 0.1) is 22.8 Å². The standard InChI is InChI=1S/C18H15N7/c19-8-11-7-14-18(23-16(9-21-14)24-6-5-12(20)10-24)25-15-4-2-1-3-13(15)22-17(11)25/h1-4,7,9,12H,5-6,10,20H2. The van der Waals surface area contributed by atoms with Crippen molar-refractivity contribution >= 4 is 33.7 Å². The highest BCUT2D eigenvalue weighted by Crippen LogP contribution is 2.26. The molecule has 1 aromatic carbocycles. The number of benzene rings is 1. The molecule has 0 spiro atoms. The van der Waals surface area contributed by atoms with Gasteiger partial charge in [-0.3, -0.25) is 4.40 Å². The van der Waals surface area contributed by atoms with Crippen LogP contribution in [0.25, 0.3) is 27.8 Å². The minimum atomic E-state index is 0.174. The second-order valence-corrected chi connectivity index (χ2v) is 6.36. The van der Waals surface area contributed by atoms with E-state index in [4.69, 9.17) is 10.7 Å². The van der Waals surface area contributed by atoms with Crippen molar-refractivity contribution < 1.29 is 0 Å². The van der Waals surface area contributed by atoms with Gasteiger partial charge in [0.25, 0.3) is 0 Å². The van der Waals surface area contributed by atoms with Gasteiger partial charge in [-0.05, 0) is 24.6 Å². The number of fused-ring (bicyclic) bond motifs is 5. The zero-order valence-electron chi connectivity index (χ0n) is 13.4. The van der Waals surface area contributed by atoms with Gasteiger partial charge in [0, 0.05) is 19.1 Å². The van der Waals surface area contributed by atoms with Gasteiger partial charge in [0.15, 0.2) is 11.3 Å². The molecule has 122 valence electrons. The molecule has 1 atom stereocenters. The van der Waals surface area contributed by atoms with Crippen molar-refractivity contribution in [1.82, 2.24) is 19.4 Å². The number of nitrogens with two attached hydrogens (primary N) is 1. The number of hydrogen-bond donors (Lipinski definition) is 1. The van der Waals surface area contributed by atoms with E-state index < -0.39 is 0 Å². The van der Waals surface area contributed by atoms with Gasteiger partial charge in [0.2, 0.25) is 0 Å². The number of nitrogens with zero attached hydrogens (tertiary/aromatic N) is 6.